The van der Waals surface area contributed by atoms with E-state index < -0.39 is 0 Å². The fraction of sp³-hybridized carbons (Fsp3) is 0.143. The van der Waals surface area contributed by atoms with Gasteiger partial charge >= 0.3 is 0 Å². The van der Waals surface area contributed by atoms with Crippen molar-refractivity contribution in [3.63, 3.8) is 0 Å². The maximum absolute atomic E-state index is 12.4. The number of aromatic nitrogens is 4. The molecule has 1 N–H and O–H groups in total. The first kappa shape index (κ1) is 23.0. The van der Waals surface area contributed by atoms with Crippen LogP contribution < -0.4 is 10.1 Å². The quantitative estimate of drug-likeness (QED) is 0.261. The van der Waals surface area contributed by atoms with Gasteiger partial charge in [-0.25, -0.2) is 4.98 Å². The number of nitrogens with zero attached hydrogens (tertiary/aromatic N) is 4. The Hall–Kier alpha value is -2.21. The lowest BCUT2D eigenvalue weighted by Gasteiger charge is -2.06. The average molecular weight is 595 g/mol. The van der Waals surface area contributed by atoms with Gasteiger partial charge in [-0.05, 0) is 36.4 Å². The van der Waals surface area contributed by atoms with Crippen molar-refractivity contribution in [1.82, 2.24) is 19.7 Å². The molecule has 1 amide bonds. The van der Waals surface area contributed by atoms with Crippen LogP contribution in [-0.2, 0) is 18.4 Å². The lowest BCUT2D eigenvalue weighted by atomic mass is 10.2. The highest BCUT2D eigenvalue weighted by molar-refractivity contribution is 9.10. The SMILES string of the molecule is Cn1c(COc2ccc(Br)cc2)nnc1SCC(=O)Nc1nc(-c2ccc(Br)cc2)cs1. The molecular weight excluding hydrogens is 578 g/mol. The number of benzene rings is 2. The second-order valence-corrected chi connectivity index (χ2v) is 10.2. The molecule has 11 heteroatoms. The van der Waals surface area contributed by atoms with Crippen LogP contribution in [0.3, 0.4) is 0 Å². The number of thiazole rings is 1. The van der Waals surface area contributed by atoms with Crippen LogP contribution in [-0.4, -0.2) is 31.4 Å². The number of hydrogen-bond acceptors (Lipinski definition) is 7. The van der Waals surface area contributed by atoms with Gasteiger partial charge in [0.1, 0.15) is 12.4 Å². The average Bonchev–Trinajstić information content (AvgIpc) is 3.39. The van der Waals surface area contributed by atoms with E-state index in [0.717, 1.165) is 26.0 Å². The number of rotatable bonds is 8. The molecule has 0 atom stereocenters. The van der Waals surface area contributed by atoms with E-state index in [0.29, 0.717) is 16.1 Å². The van der Waals surface area contributed by atoms with E-state index >= 15 is 0 Å². The summed E-state index contributed by atoms with van der Waals surface area (Å²) >= 11 is 9.53. The molecule has 4 aromatic rings. The summed E-state index contributed by atoms with van der Waals surface area (Å²) in [6, 6.07) is 15.5. The zero-order chi connectivity index (χ0) is 22.5. The summed E-state index contributed by atoms with van der Waals surface area (Å²) < 4.78 is 9.57. The third-order valence-electron chi connectivity index (χ3n) is 4.33. The summed E-state index contributed by atoms with van der Waals surface area (Å²) in [5.41, 5.74) is 1.82. The van der Waals surface area contributed by atoms with Crippen LogP contribution in [0.5, 0.6) is 5.75 Å². The molecule has 0 saturated carbocycles. The second-order valence-electron chi connectivity index (χ2n) is 6.58. The Kier molecular flexibility index (Phi) is 7.61. The fourth-order valence-corrected chi connectivity index (χ4v) is 4.64. The Morgan fingerprint density at radius 2 is 1.78 bits per heavy atom. The van der Waals surface area contributed by atoms with Gasteiger partial charge in [0, 0.05) is 26.9 Å². The lowest BCUT2D eigenvalue weighted by Crippen LogP contribution is -2.14. The standard InChI is InChI=1S/C21H17Br2N5O2S2/c1-28-18(10-30-16-8-6-15(23)7-9-16)26-27-21(28)32-12-19(29)25-20-24-17(11-31-20)13-2-4-14(22)5-3-13/h2-9,11H,10,12H2,1H3,(H,24,25,29). The number of thioether (sulfide) groups is 1. The maximum Gasteiger partial charge on any atom is 0.236 e. The molecule has 2 heterocycles. The van der Waals surface area contributed by atoms with Gasteiger partial charge in [0.15, 0.2) is 16.1 Å². The summed E-state index contributed by atoms with van der Waals surface area (Å²) in [6.45, 7) is 0.288. The highest BCUT2D eigenvalue weighted by Gasteiger charge is 2.13. The van der Waals surface area contributed by atoms with Crippen LogP contribution in [0.25, 0.3) is 11.3 Å². The Labute approximate surface area is 209 Å². The zero-order valence-electron chi connectivity index (χ0n) is 16.8. The molecule has 0 aliphatic heterocycles. The van der Waals surface area contributed by atoms with Gasteiger partial charge in [0.2, 0.25) is 5.91 Å². The van der Waals surface area contributed by atoms with Crippen LogP contribution in [0.4, 0.5) is 5.13 Å². The van der Waals surface area contributed by atoms with Crippen molar-refractivity contribution in [3.8, 4) is 17.0 Å². The van der Waals surface area contributed by atoms with E-state index in [2.05, 4.69) is 52.4 Å². The minimum atomic E-state index is -0.151. The summed E-state index contributed by atoms with van der Waals surface area (Å²) in [5.74, 6) is 1.47. The molecule has 2 aromatic heterocycles. The van der Waals surface area contributed by atoms with Gasteiger partial charge in [-0.2, -0.15) is 0 Å². The van der Waals surface area contributed by atoms with Gasteiger partial charge in [-0.15, -0.1) is 21.5 Å². The molecular formula is C21H17Br2N5O2S2. The van der Waals surface area contributed by atoms with Crippen LogP contribution >= 0.6 is 55.0 Å². The smallest absolute Gasteiger partial charge is 0.236 e. The Morgan fingerprint density at radius 1 is 1.09 bits per heavy atom. The Balaban J connectivity index is 1.29. The molecule has 164 valence electrons. The first-order valence-electron chi connectivity index (χ1n) is 9.38. The molecule has 0 bridgehead atoms. The number of ether oxygens (including phenoxy) is 1. The number of carbonyl (C=O) groups excluding carboxylic acids is 1. The minimum absolute atomic E-state index is 0.151. The van der Waals surface area contributed by atoms with Gasteiger partial charge in [0.05, 0.1) is 11.4 Å². The van der Waals surface area contributed by atoms with Crippen molar-refractivity contribution in [2.24, 2.45) is 7.05 Å². The first-order valence-corrected chi connectivity index (χ1v) is 12.8. The normalized spacial score (nSPS) is 10.8. The summed E-state index contributed by atoms with van der Waals surface area (Å²) in [5, 5.41) is 14.3. The summed E-state index contributed by atoms with van der Waals surface area (Å²) in [6.07, 6.45) is 0. The van der Waals surface area contributed by atoms with E-state index in [9.17, 15) is 4.79 Å². The summed E-state index contributed by atoms with van der Waals surface area (Å²) in [7, 11) is 1.85. The fourth-order valence-electron chi connectivity index (χ4n) is 2.64. The van der Waals surface area contributed by atoms with Gasteiger partial charge in [-0.1, -0.05) is 55.8 Å². The Bertz CT molecular complexity index is 1210. The minimum Gasteiger partial charge on any atom is -0.486 e. The monoisotopic (exact) mass is 593 g/mol. The maximum atomic E-state index is 12.4. The highest BCUT2D eigenvalue weighted by atomic mass is 79.9. The van der Waals surface area contributed by atoms with E-state index in [1.54, 1.807) is 0 Å². The van der Waals surface area contributed by atoms with Gasteiger partial charge in [-0.3, -0.25) is 4.79 Å². The van der Waals surface area contributed by atoms with E-state index in [1.165, 1.54) is 23.1 Å². The summed E-state index contributed by atoms with van der Waals surface area (Å²) in [4.78, 5) is 16.9. The van der Waals surface area contributed by atoms with Crippen LogP contribution in [0.15, 0.2) is 68.0 Å². The predicted molar refractivity (Wildman–Crippen MR) is 134 cm³/mol. The van der Waals surface area contributed by atoms with Crippen molar-refractivity contribution in [3.05, 3.63) is 68.7 Å². The van der Waals surface area contributed by atoms with E-state index in [4.69, 9.17) is 4.74 Å². The highest BCUT2D eigenvalue weighted by Crippen LogP contribution is 2.26. The third-order valence-corrected chi connectivity index (χ3v) is 7.16. The molecule has 2 aromatic carbocycles. The zero-order valence-corrected chi connectivity index (χ0v) is 21.6. The van der Waals surface area contributed by atoms with Crippen molar-refractivity contribution in [1.29, 1.82) is 0 Å². The van der Waals surface area contributed by atoms with Gasteiger partial charge in [0.25, 0.3) is 0 Å². The lowest BCUT2D eigenvalue weighted by molar-refractivity contribution is -0.113. The molecule has 32 heavy (non-hydrogen) atoms. The number of nitrogens with one attached hydrogen (secondary N) is 1. The van der Waals surface area contributed by atoms with Gasteiger partial charge < -0.3 is 14.6 Å². The second kappa shape index (κ2) is 10.6. The predicted octanol–water partition coefficient (Wildman–Crippen LogP) is 5.77. The molecule has 7 nitrogen and oxygen atoms in total. The molecule has 0 spiro atoms. The largest absolute Gasteiger partial charge is 0.486 e. The number of carbonyl (C=O) groups is 1. The molecule has 0 saturated heterocycles. The first-order chi connectivity index (χ1) is 15.5. The molecule has 0 aliphatic rings. The van der Waals surface area contributed by atoms with Crippen LogP contribution in [0.1, 0.15) is 5.82 Å². The number of anilines is 1. The van der Waals surface area contributed by atoms with Crippen molar-refractivity contribution < 1.29 is 9.53 Å². The molecule has 0 aliphatic carbocycles. The van der Waals surface area contributed by atoms with Crippen LogP contribution in [0, 0.1) is 0 Å². The van der Waals surface area contributed by atoms with Crippen molar-refractivity contribution >= 4 is 66.0 Å². The third kappa shape index (κ3) is 5.97. The number of hydrogen-bond donors (Lipinski definition) is 1. The van der Waals surface area contributed by atoms with Crippen molar-refractivity contribution in [2.45, 2.75) is 11.8 Å². The Morgan fingerprint density at radius 3 is 2.50 bits per heavy atom. The van der Waals surface area contributed by atoms with Crippen LogP contribution in [0.2, 0.25) is 0 Å². The van der Waals surface area contributed by atoms with Crippen molar-refractivity contribution in [2.75, 3.05) is 11.1 Å². The number of amides is 1. The topological polar surface area (TPSA) is 81.9 Å². The van der Waals surface area contributed by atoms with E-state index in [-0.39, 0.29) is 18.3 Å². The molecule has 0 unspecified atom stereocenters. The molecule has 0 fully saturated rings. The molecule has 4 rings (SSSR count). The van der Waals surface area contributed by atoms with E-state index in [1.807, 2.05) is 65.5 Å². The molecule has 0 radical (unpaired) electrons. The number of halogens is 2.